The molecule has 1 atom stereocenters. The highest BCUT2D eigenvalue weighted by atomic mass is 32.2. The lowest BCUT2D eigenvalue weighted by Gasteiger charge is -2.30. The van der Waals surface area contributed by atoms with Gasteiger partial charge >= 0.3 is 0 Å². The second kappa shape index (κ2) is 5.79. The summed E-state index contributed by atoms with van der Waals surface area (Å²) >= 11 is 0. The maximum absolute atomic E-state index is 10.9. The Hall–Kier alpha value is -0.170. The van der Waals surface area contributed by atoms with Crippen LogP contribution in [-0.2, 0) is 19.3 Å². The van der Waals surface area contributed by atoms with E-state index in [4.69, 9.17) is 9.47 Å². The summed E-state index contributed by atoms with van der Waals surface area (Å²) in [5.41, 5.74) is -1.17. The van der Waals surface area contributed by atoms with Crippen molar-refractivity contribution in [2.45, 2.75) is 31.7 Å². The van der Waals surface area contributed by atoms with Crippen molar-refractivity contribution in [3.63, 3.8) is 0 Å². The van der Waals surface area contributed by atoms with E-state index < -0.39 is 21.7 Å². The van der Waals surface area contributed by atoms with Gasteiger partial charge in [0.25, 0.3) is 0 Å². The molecule has 0 aliphatic carbocycles. The number of hydrogen-bond acceptors (Lipinski definition) is 5. The quantitative estimate of drug-likeness (QED) is 0.643. The molecular weight excluding hydrogens is 220 g/mol. The summed E-state index contributed by atoms with van der Waals surface area (Å²) in [5.74, 6) is 0.0588. The Morgan fingerprint density at radius 3 is 2.13 bits per heavy atom. The predicted molar refractivity (Wildman–Crippen MR) is 57.4 cm³/mol. The zero-order valence-corrected chi connectivity index (χ0v) is 10.5. The molecule has 0 aliphatic heterocycles. The SMILES string of the molecule is COC(OC)C(C)(O)CCCS(C)(=O)=O. The average Bonchev–Trinajstić information content (AvgIpc) is 2.02. The lowest BCUT2D eigenvalue weighted by molar-refractivity contribution is -0.210. The lowest BCUT2D eigenvalue weighted by atomic mass is 10.00. The van der Waals surface area contributed by atoms with Crippen LogP contribution in [0.4, 0.5) is 0 Å². The molecule has 0 fully saturated rings. The first-order valence-corrected chi connectivity index (χ1v) is 6.74. The van der Waals surface area contributed by atoms with E-state index in [1.54, 1.807) is 6.92 Å². The smallest absolute Gasteiger partial charge is 0.185 e. The van der Waals surface area contributed by atoms with Gasteiger partial charge in [-0.05, 0) is 19.8 Å². The highest BCUT2D eigenvalue weighted by molar-refractivity contribution is 7.90. The maximum Gasteiger partial charge on any atom is 0.185 e. The molecule has 5 nitrogen and oxygen atoms in total. The molecule has 0 aromatic carbocycles. The molecule has 0 aromatic heterocycles. The predicted octanol–water partition coefficient (Wildman–Crippen LogP) is 0.181. The van der Waals surface area contributed by atoms with E-state index in [-0.39, 0.29) is 5.75 Å². The molecule has 0 heterocycles. The Kier molecular flexibility index (Phi) is 5.72. The molecule has 1 unspecified atom stereocenters. The second-order valence-electron chi connectivity index (χ2n) is 3.89. The van der Waals surface area contributed by atoms with Crippen molar-refractivity contribution >= 4 is 9.84 Å². The van der Waals surface area contributed by atoms with Crippen LogP contribution in [0.15, 0.2) is 0 Å². The van der Waals surface area contributed by atoms with E-state index in [1.165, 1.54) is 20.5 Å². The standard InChI is InChI=1S/C9H20O5S/c1-9(10,8(13-2)14-3)6-5-7-15(4,11)12/h8,10H,5-7H2,1-4H3. The molecule has 0 aromatic rings. The van der Waals surface area contributed by atoms with E-state index in [1.807, 2.05) is 0 Å². The van der Waals surface area contributed by atoms with Gasteiger partial charge in [0.1, 0.15) is 15.4 Å². The van der Waals surface area contributed by atoms with Gasteiger partial charge in [0.05, 0.1) is 0 Å². The number of methoxy groups -OCH3 is 2. The molecule has 0 amide bonds. The molecule has 15 heavy (non-hydrogen) atoms. The van der Waals surface area contributed by atoms with Gasteiger partial charge in [0, 0.05) is 26.2 Å². The van der Waals surface area contributed by atoms with Crippen molar-refractivity contribution < 1.29 is 23.0 Å². The summed E-state index contributed by atoms with van der Waals surface area (Å²) < 4.78 is 31.6. The van der Waals surface area contributed by atoms with Gasteiger partial charge in [-0.3, -0.25) is 0 Å². The van der Waals surface area contributed by atoms with Crippen LogP contribution in [0.5, 0.6) is 0 Å². The fraction of sp³-hybridized carbons (Fsp3) is 1.00. The molecular formula is C9H20O5S. The third-order valence-corrected chi connectivity index (χ3v) is 3.16. The first-order valence-electron chi connectivity index (χ1n) is 4.68. The van der Waals surface area contributed by atoms with Crippen LogP contribution in [0.1, 0.15) is 19.8 Å². The summed E-state index contributed by atoms with van der Waals surface area (Å²) in [6.45, 7) is 1.56. The molecule has 0 rings (SSSR count). The summed E-state index contributed by atoms with van der Waals surface area (Å²) in [6, 6.07) is 0. The first-order chi connectivity index (χ1) is 6.73. The van der Waals surface area contributed by atoms with Gasteiger partial charge in [0.15, 0.2) is 6.29 Å². The van der Waals surface area contributed by atoms with Crippen molar-refractivity contribution in [2.75, 3.05) is 26.2 Å². The molecule has 0 bridgehead atoms. The van der Waals surface area contributed by atoms with Crippen molar-refractivity contribution in [3.8, 4) is 0 Å². The van der Waals surface area contributed by atoms with Crippen LogP contribution in [0, 0.1) is 0 Å². The molecule has 0 spiro atoms. The maximum atomic E-state index is 10.9. The van der Waals surface area contributed by atoms with E-state index in [9.17, 15) is 13.5 Å². The number of rotatable bonds is 7. The van der Waals surface area contributed by atoms with E-state index >= 15 is 0 Å². The monoisotopic (exact) mass is 240 g/mol. The van der Waals surface area contributed by atoms with Crippen LogP contribution < -0.4 is 0 Å². The van der Waals surface area contributed by atoms with Gasteiger partial charge in [-0.2, -0.15) is 0 Å². The molecule has 6 heteroatoms. The molecule has 92 valence electrons. The zero-order chi connectivity index (χ0) is 12.1. The zero-order valence-electron chi connectivity index (χ0n) is 9.69. The van der Waals surface area contributed by atoms with Crippen molar-refractivity contribution in [1.29, 1.82) is 0 Å². The lowest BCUT2D eigenvalue weighted by Crippen LogP contribution is -2.42. The molecule has 0 aliphatic rings. The van der Waals surface area contributed by atoms with Gasteiger partial charge in [-0.1, -0.05) is 0 Å². The Morgan fingerprint density at radius 2 is 1.80 bits per heavy atom. The molecule has 0 radical (unpaired) electrons. The number of hydrogen-bond donors (Lipinski definition) is 1. The van der Waals surface area contributed by atoms with Crippen LogP contribution in [-0.4, -0.2) is 51.6 Å². The second-order valence-corrected chi connectivity index (χ2v) is 6.15. The summed E-state index contributed by atoms with van der Waals surface area (Å²) in [4.78, 5) is 0. The summed E-state index contributed by atoms with van der Waals surface area (Å²) in [7, 11) is -0.119. The van der Waals surface area contributed by atoms with Crippen LogP contribution in [0.25, 0.3) is 0 Å². The third kappa shape index (κ3) is 6.09. The fourth-order valence-corrected chi connectivity index (χ4v) is 2.08. The van der Waals surface area contributed by atoms with Crippen LogP contribution in [0.2, 0.25) is 0 Å². The highest BCUT2D eigenvalue weighted by Gasteiger charge is 2.31. The minimum Gasteiger partial charge on any atom is -0.385 e. The summed E-state index contributed by atoms with van der Waals surface area (Å²) in [5, 5.41) is 9.93. The molecule has 1 N–H and O–H groups in total. The fourth-order valence-electron chi connectivity index (χ4n) is 1.41. The largest absolute Gasteiger partial charge is 0.385 e. The molecule has 0 saturated heterocycles. The minimum atomic E-state index is -2.98. The number of ether oxygens (including phenoxy) is 2. The van der Waals surface area contributed by atoms with E-state index in [0.717, 1.165) is 0 Å². The summed E-state index contributed by atoms with van der Waals surface area (Å²) in [6.07, 6.45) is 1.13. The Balaban J connectivity index is 4.14. The van der Waals surface area contributed by atoms with Gasteiger partial charge in [-0.15, -0.1) is 0 Å². The van der Waals surface area contributed by atoms with Crippen LogP contribution >= 0.6 is 0 Å². The Bertz CT molecular complexity index is 266. The van der Waals surface area contributed by atoms with Gasteiger partial charge in [-0.25, -0.2) is 8.42 Å². The van der Waals surface area contributed by atoms with Crippen molar-refractivity contribution in [2.24, 2.45) is 0 Å². The minimum absolute atomic E-state index is 0.0588. The normalized spacial score (nSPS) is 16.7. The first kappa shape index (κ1) is 14.8. The average molecular weight is 240 g/mol. The van der Waals surface area contributed by atoms with E-state index in [2.05, 4.69) is 0 Å². The Morgan fingerprint density at radius 1 is 1.33 bits per heavy atom. The van der Waals surface area contributed by atoms with Gasteiger partial charge < -0.3 is 14.6 Å². The molecule has 0 saturated carbocycles. The van der Waals surface area contributed by atoms with Crippen molar-refractivity contribution in [3.05, 3.63) is 0 Å². The Labute approximate surface area is 91.3 Å². The number of sulfone groups is 1. The number of aliphatic hydroxyl groups is 1. The third-order valence-electron chi connectivity index (χ3n) is 2.13. The van der Waals surface area contributed by atoms with E-state index in [0.29, 0.717) is 12.8 Å². The van der Waals surface area contributed by atoms with Gasteiger partial charge in [0.2, 0.25) is 0 Å². The highest BCUT2D eigenvalue weighted by Crippen LogP contribution is 2.20. The topological polar surface area (TPSA) is 72.8 Å². The van der Waals surface area contributed by atoms with Crippen LogP contribution in [0.3, 0.4) is 0 Å². The van der Waals surface area contributed by atoms with Crippen molar-refractivity contribution in [1.82, 2.24) is 0 Å².